The van der Waals surface area contributed by atoms with Crippen molar-refractivity contribution in [3.63, 3.8) is 0 Å². The molecule has 3 N–H and O–H groups in total. The van der Waals surface area contributed by atoms with E-state index in [4.69, 9.17) is 37.0 Å². The molecule has 0 spiro atoms. The molecule has 0 radical (unpaired) electrons. The first-order valence-electron chi connectivity index (χ1n) is 41.0. The van der Waals surface area contributed by atoms with Gasteiger partial charge >= 0.3 is 39.5 Å². The van der Waals surface area contributed by atoms with Crippen LogP contribution < -0.4 is 0 Å². The van der Waals surface area contributed by atoms with E-state index in [1.54, 1.807) is 12.2 Å². The van der Waals surface area contributed by atoms with Crippen LogP contribution in [0.3, 0.4) is 0 Å². The maximum Gasteiger partial charge on any atom is 0.472 e. The van der Waals surface area contributed by atoms with Crippen molar-refractivity contribution >= 4 is 39.5 Å². The zero-order valence-electron chi connectivity index (χ0n) is 66.9. The Hall–Kier alpha value is -5.84. The number of esters is 4. The lowest BCUT2D eigenvalue weighted by atomic mass is 10.1. The van der Waals surface area contributed by atoms with E-state index in [-0.39, 0.29) is 25.7 Å². The number of phosphoric ester groups is 2. The molecule has 0 aromatic rings. The van der Waals surface area contributed by atoms with Crippen molar-refractivity contribution in [1.29, 1.82) is 0 Å². The van der Waals surface area contributed by atoms with Gasteiger partial charge in [0, 0.05) is 19.3 Å². The normalized spacial score (nSPS) is 14.8. The number of aliphatic hydroxyl groups excluding tert-OH is 1. The number of rotatable bonds is 75. The summed E-state index contributed by atoms with van der Waals surface area (Å²) in [4.78, 5) is 73.1. The van der Waals surface area contributed by atoms with Crippen LogP contribution in [-0.4, -0.2) is 96.7 Å². The number of unbranched alkanes of at least 4 members (excludes halogenated alkanes) is 20. The Bertz CT molecular complexity index is 2760. The van der Waals surface area contributed by atoms with Gasteiger partial charge in [0.1, 0.15) is 19.3 Å². The highest BCUT2D eigenvalue weighted by atomic mass is 31.2. The third-order valence-corrected chi connectivity index (χ3v) is 18.3. The van der Waals surface area contributed by atoms with Gasteiger partial charge in [-0.15, -0.1) is 0 Å². The predicted octanol–water partition coefficient (Wildman–Crippen LogP) is 24.3. The molecule has 612 valence electrons. The van der Waals surface area contributed by atoms with Crippen molar-refractivity contribution in [2.75, 3.05) is 39.6 Å². The van der Waals surface area contributed by atoms with Crippen molar-refractivity contribution in [3.05, 3.63) is 182 Å². The van der Waals surface area contributed by atoms with Crippen molar-refractivity contribution in [2.45, 2.75) is 316 Å². The number of aliphatic hydroxyl groups is 1. The van der Waals surface area contributed by atoms with Gasteiger partial charge in [0.15, 0.2) is 12.2 Å². The topological polar surface area (TPSA) is 237 Å². The van der Waals surface area contributed by atoms with Crippen molar-refractivity contribution in [2.24, 2.45) is 0 Å². The Balaban J connectivity index is 5.49. The van der Waals surface area contributed by atoms with Gasteiger partial charge in [0.2, 0.25) is 0 Å². The summed E-state index contributed by atoms with van der Waals surface area (Å²) in [5, 5.41) is 10.7. The van der Waals surface area contributed by atoms with Crippen molar-refractivity contribution in [1.82, 2.24) is 0 Å². The Kier molecular flexibility index (Phi) is 75.0. The van der Waals surface area contributed by atoms with E-state index in [0.717, 1.165) is 199 Å². The maximum atomic E-state index is 13.1. The quantitative estimate of drug-likeness (QED) is 0.0169. The number of allylic oxidation sites excluding steroid dienone is 29. The van der Waals surface area contributed by atoms with E-state index >= 15 is 0 Å². The van der Waals surface area contributed by atoms with Gasteiger partial charge in [-0.05, 0) is 161 Å². The highest BCUT2D eigenvalue weighted by molar-refractivity contribution is 7.47. The zero-order chi connectivity index (χ0) is 78.9. The van der Waals surface area contributed by atoms with Gasteiger partial charge < -0.3 is 33.8 Å². The minimum Gasteiger partial charge on any atom is -0.462 e. The van der Waals surface area contributed by atoms with Crippen LogP contribution in [0.15, 0.2) is 182 Å². The van der Waals surface area contributed by atoms with Crippen molar-refractivity contribution in [3.8, 4) is 0 Å². The second kappa shape index (κ2) is 79.3. The highest BCUT2D eigenvalue weighted by Crippen LogP contribution is 2.45. The molecule has 0 bridgehead atoms. The number of phosphoric acid groups is 2. The molecule has 0 fully saturated rings. The lowest BCUT2D eigenvalue weighted by Gasteiger charge is -2.21. The molecule has 108 heavy (non-hydrogen) atoms. The molecule has 0 aliphatic rings. The van der Waals surface area contributed by atoms with Gasteiger partial charge in [-0.2, -0.15) is 0 Å². The third-order valence-electron chi connectivity index (χ3n) is 16.4. The highest BCUT2D eigenvalue weighted by Gasteiger charge is 2.30. The number of ether oxygens (including phenoxy) is 4. The summed E-state index contributed by atoms with van der Waals surface area (Å²) < 4.78 is 68.5. The fourth-order valence-electron chi connectivity index (χ4n) is 10.2. The smallest absolute Gasteiger partial charge is 0.462 e. The first-order chi connectivity index (χ1) is 52.7. The van der Waals surface area contributed by atoms with Crippen LogP contribution in [0.25, 0.3) is 0 Å². The molecule has 0 aromatic heterocycles. The van der Waals surface area contributed by atoms with Crippen molar-refractivity contribution < 1.29 is 80.2 Å². The second-order valence-electron chi connectivity index (χ2n) is 26.6. The van der Waals surface area contributed by atoms with Crippen LogP contribution in [0.2, 0.25) is 0 Å². The number of carbonyl (C=O) groups excluding carboxylic acids is 4. The molecule has 5 unspecified atom stereocenters. The molecule has 5 atom stereocenters. The molecule has 0 amide bonds. The monoisotopic (exact) mass is 1550 g/mol. The Morgan fingerprint density at radius 3 is 0.824 bits per heavy atom. The lowest BCUT2D eigenvalue weighted by Crippen LogP contribution is -2.30. The summed E-state index contributed by atoms with van der Waals surface area (Å²) in [5.74, 6) is -2.39. The van der Waals surface area contributed by atoms with Gasteiger partial charge in [-0.3, -0.25) is 37.3 Å². The van der Waals surface area contributed by atoms with Gasteiger partial charge in [-0.25, -0.2) is 9.13 Å². The van der Waals surface area contributed by atoms with E-state index in [1.165, 1.54) is 19.3 Å². The zero-order valence-corrected chi connectivity index (χ0v) is 68.7. The first kappa shape index (κ1) is 102. The van der Waals surface area contributed by atoms with E-state index < -0.39 is 97.5 Å². The fourth-order valence-corrected chi connectivity index (χ4v) is 11.8. The molecular weight excluding hydrogens is 1400 g/mol. The SMILES string of the molecule is CC/C=C\C/C=C\C/C=C\C/C=C\C/C=C\CC(=O)OC(COC(=O)CCCCCCCCC/C=C\C/C=C\C/C=C\CC)COP(=O)(O)OCC(O)COP(=O)(O)OCC(COC(=O)CCCCCCCC/C=C\C/C=C\C/C=C\CCCCC)OC(=O)CCCCCC/C=C\C/C=C\C/C=C\C/C=C\CC. The van der Waals surface area contributed by atoms with Gasteiger partial charge in [0.25, 0.3) is 0 Å². The molecule has 0 aromatic carbocycles. The summed E-state index contributed by atoms with van der Waals surface area (Å²) in [6.45, 7) is 4.33. The average molecular weight is 1550 g/mol. The third kappa shape index (κ3) is 78.3. The van der Waals surface area contributed by atoms with Crippen LogP contribution in [0.1, 0.15) is 297 Å². The molecule has 0 rings (SSSR count). The molecule has 0 heterocycles. The molecule has 0 saturated carbocycles. The molecule has 0 aliphatic carbocycles. The maximum absolute atomic E-state index is 13.1. The predicted molar refractivity (Wildman–Crippen MR) is 445 cm³/mol. The molecule has 0 aliphatic heterocycles. The summed E-state index contributed by atoms with van der Waals surface area (Å²) in [7, 11) is -10.0. The van der Waals surface area contributed by atoms with Crippen LogP contribution in [0.4, 0.5) is 0 Å². The summed E-state index contributed by atoms with van der Waals surface area (Å²) in [6.07, 6.45) is 96.1. The second-order valence-corrected chi connectivity index (χ2v) is 29.5. The summed E-state index contributed by atoms with van der Waals surface area (Å²) in [6, 6.07) is 0. The first-order valence-corrected chi connectivity index (χ1v) is 44.0. The van der Waals surface area contributed by atoms with Crippen LogP contribution in [0.5, 0.6) is 0 Å². The van der Waals surface area contributed by atoms with E-state index in [2.05, 4.69) is 186 Å². The van der Waals surface area contributed by atoms with E-state index in [1.807, 2.05) is 12.2 Å². The molecule has 17 nitrogen and oxygen atoms in total. The number of hydrogen-bond donors (Lipinski definition) is 3. The lowest BCUT2D eigenvalue weighted by molar-refractivity contribution is -0.161. The number of carbonyl (C=O) groups is 4. The fraction of sp³-hybridized carbons (Fsp3) is 0.618. The molecular formula is C89H144O17P2. The summed E-state index contributed by atoms with van der Waals surface area (Å²) >= 11 is 0. The minimum absolute atomic E-state index is 0.0547. The van der Waals surface area contributed by atoms with E-state index in [0.29, 0.717) is 25.7 Å². The van der Waals surface area contributed by atoms with Crippen LogP contribution in [-0.2, 0) is 65.4 Å². The van der Waals surface area contributed by atoms with Crippen LogP contribution in [0, 0.1) is 0 Å². The van der Waals surface area contributed by atoms with Crippen LogP contribution >= 0.6 is 15.6 Å². The minimum atomic E-state index is -5.02. The Labute approximate surface area is 654 Å². The summed E-state index contributed by atoms with van der Waals surface area (Å²) in [5.41, 5.74) is 0. The van der Waals surface area contributed by atoms with Gasteiger partial charge in [-0.1, -0.05) is 293 Å². The largest absolute Gasteiger partial charge is 0.472 e. The van der Waals surface area contributed by atoms with E-state index in [9.17, 15) is 43.2 Å². The molecule has 19 heteroatoms. The number of hydrogen-bond acceptors (Lipinski definition) is 15. The Morgan fingerprint density at radius 2 is 0.519 bits per heavy atom. The van der Waals surface area contributed by atoms with Gasteiger partial charge in [0.05, 0.1) is 32.8 Å². The average Bonchev–Trinajstić information content (AvgIpc) is 0.907. The standard InChI is InChI=1S/C89H144O17P2/c1-5-9-13-17-21-25-29-33-37-40-41-44-47-50-54-58-62-66-70-74-87(92)100-80-85(106-89(94)76-72-68-64-60-56-52-48-43-39-35-31-27-23-19-15-11-7-3)82-104-108(97,98)102-78-83(90)77-101-107(95,96)103-81-84(105-88(93)75-71-67-63-59-55-51-45-36-32-28-24-20-16-12-8-4)79-99-86(91)73-69-65-61-57-53-49-46-42-38-34-30-26-22-18-14-10-6-2/h10-12,14-16,21-28,33-39,41,44-45,48,52,55,59,67,71,83-85,90H,5-9,13,17-20,29-32,40,42-43,46-47,49-51,53-54,56-58,60-66,68-70,72-82H2,1-4H3,(H,95,96)(H,97,98)/b14-10-,15-11-,16-12-,25-21-,26-22-,27-23-,28-24-,37-33-,38-34-,39-35-,44-41-,45-36-,52-48-,59-55-,71-67-. The Morgan fingerprint density at radius 1 is 0.278 bits per heavy atom. The molecule has 0 saturated heterocycles.